The minimum atomic E-state index is -4.21. The molecular formula is C26H39N5O9S. The molecule has 0 aromatic heterocycles. The number of hydrogen-bond acceptors (Lipinski definition) is 8. The Labute approximate surface area is 240 Å². The lowest BCUT2D eigenvalue weighted by Crippen LogP contribution is -2.63. The Morgan fingerprint density at radius 2 is 1.83 bits per heavy atom. The van der Waals surface area contributed by atoms with E-state index in [2.05, 4.69) is 27.3 Å². The number of carboxylic acid groups (broad SMARTS) is 1. The zero-order valence-electron chi connectivity index (χ0n) is 23.6. The second-order valence-electron chi connectivity index (χ2n) is 10.5. The zero-order valence-corrected chi connectivity index (χ0v) is 24.5. The molecule has 1 fully saturated rings. The number of rotatable bonds is 13. The average Bonchev–Trinajstić information content (AvgIpc) is 3.25. The van der Waals surface area contributed by atoms with Crippen molar-refractivity contribution in [3.8, 4) is 0 Å². The van der Waals surface area contributed by atoms with Gasteiger partial charge in [-0.25, -0.2) is 19.1 Å². The molecule has 0 radical (unpaired) electrons. The summed E-state index contributed by atoms with van der Waals surface area (Å²) in [7, 11) is -4.21. The minimum Gasteiger partial charge on any atom is -0.479 e. The molecule has 1 aromatic rings. The van der Waals surface area contributed by atoms with Gasteiger partial charge in [-0.3, -0.25) is 4.79 Å². The lowest BCUT2D eigenvalue weighted by atomic mass is 9.84. The Morgan fingerprint density at radius 3 is 2.41 bits per heavy atom. The molecule has 3 amide bonds. The third-order valence-electron chi connectivity index (χ3n) is 6.08. The van der Waals surface area contributed by atoms with Gasteiger partial charge in [-0.2, -0.15) is 12.7 Å². The molecule has 1 aliphatic heterocycles. The van der Waals surface area contributed by atoms with Crippen molar-refractivity contribution in [1.29, 1.82) is 0 Å². The van der Waals surface area contributed by atoms with Crippen molar-refractivity contribution in [2.45, 2.75) is 57.9 Å². The first-order valence-electron chi connectivity index (χ1n) is 12.9. The second-order valence-corrected chi connectivity index (χ2v) is 12.3. The van der Waals surface area contributed by atoms with Crippen LogP contribution in [-0.2, 0) is 35.9 Å². The lowest BCUT2D eigenvalue weighted by molar-refractivity contribution is -0.149. The molecule has 0 spiro atoms. The van der Waals surface area contributed by atoms with E-state index < -0.39 is 63.9 Å². The fraction of sp³-hybridized carbons (Fsp3) is 0.538. The van der Waals surface area contributed by atoms with Crippen LogP contribution in [0.3, 0.4) is 0 Å². The highest BCUT2D eigenvalue weighted by Gasteiger charge is 2.56. The van der Waals surface area contributed by atoms with E-state index in [1.165, 1.54) is 13.0 Å². The van der Waals surface area contributed by atoms with Crippen LogP contribution in [0.25, 0.3) is 0 Å². The third kappa shape index (κ3) is 10.0. The lowest BCUT2D eigenvalue weighted by Gasteiger charge is -2.32. The number of carboxylic acids is 1. The molecule has 1 aliphatic rings. The number of nitrogens with zero attached hydrogens (tertiary/aromatic N) is 1. The predicted octanol–water partition coefficient (Wildman–Crippen LogP) is 1.11. The van der Waals surface area contributed by atoms with Crippen LogP contribution in [0, 0.1) is 5.92 Å². The topological polar surface area (TPSA) is 192 Å². The normalized spacial score (nSPS) is 20.0. The second kappa shape index (κ2) is 14.3. The number of carbonyl (C=O) groups excluding carboxylic acids is 3. The number of alkyl carbamates (subject to hydrolysis) is 2. The maximum atomic E-state index is 13.0. The van der Waals surface area contributed by atoms with Gasteiger partial charge in [0.05, 0.1) is 0 Å². The van der Waals surface area contributed by atoms with Gasteiger partial charge >= 0.3 is 18.2 Å². The van der Waals surface area contributed by atoms with Crippen LogP contribution in [0.2, 0.25) is 0 Å². The van der Waals surface area contributed by atoms with Crippen molar-refractivity contribution in [2.75, 3.05) is 26.2 Å². The van der Waals surface area contributed by atoms with Gasteiger partial charge in [-0.1, -0.05) is 36.4 Å². The first kappa shape index (κ1) is 33.5. The number of ether oxygens (including phenoxy) is 2. The van der Waals surface area contributed by atoms with Gasteiger partial charge in [0.15, 0.2) is 5.54 Å². The molecule has 0 aliphatic carbocycles. The molecule has 41 heavy (non-hydrogen) atoms. The summed E-state index contributed by atoms with van der Waals surface area (Å²) in [5.41, 5.74) is -1.99. The smallest absolute Gasteiger partial charge is 0.408 e. The number of carbonyl (C=O) groups is 4. The molecule has 5 N–H and O–H groups in total. The largest absolute Gasteiger partial charge is 0.479 e. The van der Waals surface area contributed by atoms with Crippen molar-refractivity contribution >= 4 is 34.3 Å². The van der Waals surface area contributed by atoms with Crippen LogP contribution in [-0.4, -0.2) is 85.3 Å². The number of allylic oxidation sites excluding steroid dienone is 1. The molecule has 3 atom stereocenters. The van der Waals surface area contributed by atoms with E-state index in [9.17, 15) is 32.7 Å². The summed E-state index contributed by atoms with van der Waals surface area (Å²) in [6.45, 7) is 8.91. The summed E-state index contributed by atoms with van der Waals surface area (Å²) in [6.07, 6.45) is -0.0860. The van der Waals surface area contributed by atoms with Crippen molar-refractivity contribution in [3.05, 3.63) is 48.6 Å². The summed E-state index contributed by atoms with van der Waals surface area (Å²) < 4.78 is 39.4. The molecule has 0 saturated carbocycles. The summed E-state index contributed by atoms with van der Waals surface area (Å²) in [6, 6.07) is 7.68. The summed E-state index contributed by atoms with van der Waals surface area (Å²) >= 11 is 0. The molecular weight excluding hydrogens is 558 g/mol. The van der Waals surface area contributed by atoms with Crippen LogP contribution in [0.15, 0.2) is 43.0 Å². The van der Waals surface area contributed by atoms with E-state index in [0.717, 1.165) is 9.87 Å². The molecule has 0 unspecified atom stereocenters. The van der Waals surface area contributed by atoms with Gasteiger partial charge in [-0.05, 0) is 39.7 Å². The van der Waals surface area contributed by atoms with Crippen molar-refractivity contribution in [2.24, 2.45) is 5.92 Å². The van der Waals surface area contributed by atoms with Gasteiger partial charge in [0.25, 0.3) is 10.2 Å². The molecule has 2 rings (SSSR count). The number of aliphatic carboxylic acids is 1. The number of nitrogens with one attached hydrogen (secondary N) is 4. The van der Waals surface area contributed by atoms with E-state index in [0.29, 0.717) is 0 Å². The highest BCUT2D eigenvalue weighted by molar-refractivity contribution is 7.87. The summed E-state index contributed by atoms with van der Waals surface area (Å²) in [5.74, 6) is -3.15. The summed E-state index contributed by atoms with van der Waals surface area (Å²) in [4.78, 5) is 49.5. The molecule has 1 aromatic carbocycles. The third-order valence-corrected chi connectivity index (χ3v) is 7.61. The van der Waals surface area contributed by atoms with Crippen LogP contribution < -0.4 is 20.7 Å². The standard InChI is InChI=1S/C26H39N5O9S/c1-6-10-20-15-31(41(37,38)28-14-13-27-23(35)40-25(3,4)5)17-26(20,22(33)34)30-21(32)18(2)29-24(36)39-16-19-11-8-7-9-12-19/h6-9,11-12,18,20,28H,1,10,13-17H2,2-5H3,(H,27,35)(H,29,36)(H,30,32)(H,33,34)/t18-,20-,26-/m0/s1. The molecule has 14 nitrogen and oxygen atoms in total. The van der Waals surface area contributed by atoms with Crippen molar-refractivity contribution in [1.82, 2.24) is 25.0 Å². The van der Waals surface area contributed by atoms with E-state index in [-0.39, 0.29) is 32.7 Å². The predicted molar refractivity (Wildman–Crippen MR) is 149 cm³/mol. The fourth-order valence-corrected chi connectivity index (χ4v) is 5.35. The van der Waals surface area contributed by atoms with E-state index >= 15 is 0 Å². The Bertz CT molecular complexity index is 1200. The van der Waals surface area contributed by atoms with Gasteiger partial charge in [0.2, 0.25) is 5.91 Å². The van der Waals surface area contributed by atoms with Gasteiger partial charge in [0.1, 0.15) is 18.2 Å². The average molecular weight is 598 g/mol. The first-order chi connectivity index (χ1) is 19.1. The fourth-order valence-electron chi connectivity index (χ4n) is 4.06. The quantitative estimate of drug-likeness (QED) is 0.164. The van der Waals surface area contributed by atoms with Crippen molar-refractivity contribution in [3.63, 3.8) is 0 Å². The SMILES string of the molecule is C=CC[C@H]1CN(S(=O)(=O)NCCNC(=O)OC(C)(C)C)C[C@@]1(NC(=O)[C@H](C)NC(=O)OCc1ccccc1)C(=O)O. The molecule has 1 saturated heterocycles. The van der Waals surface area contributed by atoms with Crippen LogP contribution in [0.5, 0.6) is 0 Å². The Morgan fingerprint density at radius 1 is 1.17 bits per heavy atom. The maximum absolute atomic E-state index is 13.0. The molecule has 1 heterocycles. The highest BCUT2D eigenvalue weighted by atomic mass is 32.2. The number of benzene rings is 1. The zero-order chi connectivity index (χ0) is 30.8. The van der Waals surface area contributed by atoms with Crippen LogP contribution >= 0.6 is 0 Å². The number of amides is 3. The monoisotopic (exact) mass is 597 g/mol. The molecule has 228 valence electrons. The molecule has 0 bridgehead atoms. The minimum absolute atomic E-state index is 0.0331. The Hall–Kier alpha value is -3.69. The van der Waals surface area contributed by atoms with Gasteiger partial charge in [0, 0.05) is 32.1 Å². The van der Waals surface area contributed by atoms with Crippen molar-refractivity contribution < 1.29 is 42.2 Å². The Balaban J connectivity index is 2.03. The van der Waals surface area contributed by atoms with E-state index in [1.54, 1.807) is 45.0 Å². The van der Waals surface area contributed by atoms with E-state index in [1.807, 2.05) is 6.07 Å². The maximum Gasteiger partial charge on any atom is 0.408 e. The van der Waals surface area contributed by atoms with E-state index in [4.69, 9.17) is 9.47 Å². The Kier molecular flexibility index (Phi) is 11.7. The van der Waals surface area contributed by atoms with Gasteiger partial charge in [-0.15, -0.1) is 6.58 Å². The summed E-state index contributed by atoms with van der Waals surface area (Å²) in [5, 5.41) is 17.4. The first-order valence-corrected chi connectivity index (χ1v) is 14.4. The van der Waals surface area contributed by atoms with Gasteiger partial charge < -0.3 is 30.5 Å². The van der Waals surface area contributed by atoms with Crippen LogP contribution in [0.1, 0.15) is 39.7 Å². The van der Waals surface area contributed by atoms with Crippen LogP contribution in [0.4, 0.5) is 9.59 Å². The molecule has 15 heteroatoms. The number of hydrogen-bond donors (Lipinski definition) is 5. The highest BCUT2D eigenvalue weighted by Crippen LogP contribution is 2.33.